The Labute approximate surface area is 143 Å². The van der Waals surface area contributed by atoms with Crippen molar-refractivity contribution in [1.29, 1.82) is 0 Å². The van der Waals surface area contributed by atoms with E-state index in [0.717, 1.165) is 42.5 Å². The molecule has 0 bridgehead atoms. The molecule has 2 aromatic rings. The normalized spacial score (nSPS) is 11.4. The fraction of sp³-hybridized carbons (Fsp3) is 0.444. The van der Waals surface area contributed by atoms with Crippen LogP contribution in [0.15, 0.2) is 35.3 Å². The number of ether oxygens (including phenoxy) is 1. The van der Waals surface area contributed by atoms with Crippen molar-refractivity contribution < 1.29 is 4.74 Å². The van der Waals surface area contributed by atoms with Gasteiger partial charge in [-0.1, -0.05) is 18.2 Å². The second kappa shape index (κ2) is 8.96. The van der Waals surface area contributed by atoms with Gasteiger partial charge in [-0.15, -0.1) is 0 Å². The molecule has 1 heterocycles. The SMILES string of the molecule is CN=C(NCCCn1nc(C)cc1C)NCc1ccccc1OC. The summed E-state index contributed by atoms with van der Waals surface area (Å²) in [5.74, 6) is 1.67. The van der Waals surface area contributed by atoms with Crippen LogP contribution in [0.1, 0.15) is 23.4 Å². The monoisotopic (exact) mass is 329 g/mol. The smallest absolute Gasteiger partial charge is 0.191 e. The van der Waals surface area contributed by atoms with Crippen molar-refractivity contribution in [3.05, 3.63) is 47.3 Å². The van der Waals surface area contributed by atoms with E-state index in [0.29, 0.717) is 6.54 Å². The molecule has 0 spiro atoms. The Morgan fingerprint density at radius 1 is 1.25 bits per heavy atom. The minimum atomic E-state index is 0.668. The van der Waals surface area contributed by atoms with Crippen molar-refractivity contribution in [2.45, 2.75) is 33.4 Å². The molecule has 24 heavy (non-hydrogen) atoms. The van der Waals surface area contributed by atoms with Gasteiger partial charge in [0.2, 0.25) is 0 Å². The van der Waals surface area contributed by atoms with E-state index in [4.69, 9.17) is 4.74 Å². The molecule has 6 heteroatoms. The van der Waals surface area contributed by atoms with E-state index >= 15 is 0 Å². The van der Waals surface area contributed by atoms with Crippen molar-refractivity contribution >= 4 is 5.96 Å². The first-order chi connectivity index (χ1) is 11.6. The van der Waals surface area contributed by atoms with E-state index in [9.17, 15) is 0 Å². The summed E-state index contributed by atoms with van der Waals surface area (Å²) in [6, 6.07) is 10.1. The number of nitrogens with one attached hydrogen (secondary N) is 2. The van der Waals surface area contributed by atoms with Gasteiger partial charge in [-0.25, -0.2) is 0 Å². The standard InChI is InChI=1S/C18H27N5O/c1-14-12-15(2)23(22-14)11-7-10-20-18(19-3)21-13-16-8-5-6-9-17(16)24-4/h5-6,8-9,12H,7,10-11,13H2,1-4H3,(H2,19,20,21). The van der Waals surface area contributed by atoms with Crippen LogP contribution >= 0.6 is 0 Å². The van der Waals surface area contributed by atoms with Crippen LogP contribution in [0, 0.1) is 13.8 Å². The fourth-order valence-electron chi connectivity index (χ4n) is 2.59. The lowest BCUT2D eigenvalue weighted by Gasteiger charge is -2.14. The molecule has 0 atom stereocenters. The summed E-state index contributed by atoms with van der Waals surface area (Å²) in [7, 11) is 3.46. The maximum atomic E-state index is 5.36. The zero-order valence-corrected chi connectivity index (χ0v) is 15.0. The molecule has 2 rings (SSSR count). The Balaban J connectivity index is 1.75. The van der Waals surface area contributed by atoms with Gasteiger partial charge in [0, 0.05) is 37.9 Å². The van der Waals surface area contributed by atoms with Crippen molar-refractivity contribution in [3.63, 3.8) is 0 Å². The summed E-state index contributed by atoms with van der Waals surface area (Å²) in [5, 5.41) is 11.1. The van der Waals surface area contributed by atoms with Gasteiger partial charge in [-0.05, 0) is 32.4 Å². The molecule has 0 fully saturated rings. The number of benzene rings is 1. The van der Waals surface area contributed by atoms with Crippen molar-refractivity contribution in [2.75, 3.05) is 20.7 Å². The minimum Gasteiger partial charge on any atom is -0.496 e. The van der Waals surface area contributed by atoms with Crippen LogP contribution in [-0.4, -0.2) is 36.4 Å². The number of aryl methyl sites for hydroxylation is 3. The van der Waals surface area contributed by atoms with Gasteiger partial charge in [0.25, 0.3) is 0 Å². The number of hydrogen-bond acceptors (Lipinski definition) is 3. The van der Waals surface area contributed by atoms with Crippen LogP contribution in [0.2, 0.25) is 0 Å². The summed E-state index contributed by atoms with van der Waals surface area (Å²) >= 11 is 0. The van der Waals surface area contributed by atoms with Gasteiger partial charge in [0.1, 0.15) is 5.75 Å². The average Bonchev–Trinajstić information content (AvgIpc) is 2.92. The third-order valence-electron chi connectivity index (χ3n) is 3.80. The van der Waals surface area contributed by atoms with Crippen LogP contribution in [0.25, 0.3) is 0 Å². The number of para-hydroxylation sites is 1. The maximum Gasteiger partial charge on any atom is 0.191 e. The Morgan fingerprint density at radius 3 is 2.71 bits per heavy atom. The molecule has 1 aromatic carbocycles. The van der Waals surface area contributed by atoms with Gasteiger partial charge in [-0.3, -0.25) is 9.67 Å². The molecule has 2 N–H and O–H groups in total. The first kappa shape index (κ1) is 17.8. The molecule has 0 radical (unpaired) electrons. The van der Waals surface area contributed by atoms with Crippen molar-refractivity contribution in [2.24, 2.45) is 4.99 Å². The van der Waals surface area contributed by atoms with Gasteiger partial charge in [-0.2, -0.15) is 5.10 Å². The summed E-state index contributed by atoms with van der Waals surface area (Å²) in [6.07, 6.45) is 0.983. The summed E-state index contributed by atoms with van der Waals surface area (Å²) in [6.45, 7) is 6.51. The number of rotatable bonds is 7. The van der Waals surface area contributed by atoms with Gasteiger partial charge < -0.3 is 15.4 Å². The second-order valence-electron chi connectivity index (χ2n) is 5.67. The number of nitrogens with zero attached hydrogens (tertiary/aromatic N) is 3. The molecular weight excluding hydrogens is 302 g/mol. The van der Waals surface area contributed by atoms with Crippen molar-refractivity contribution in [3.8, 4) is 5.75 Å². The fourth-order valence-corrected chi connectivity index (χ4v) is 2.59. The van der Waals surface area contributed by atoms with E-state index in [2.05, 4.69) is 33.7 Å². The summed E-state index contributed by atoms with van der Waals surface area (Å²) in [4.78, 5) is 4.26. The Morgan fingerprint density at radius 2 is 2.04 bits per heavy atom. The summed E-state index contributed by atoms with van der Waals surface area (Å²) in [5.41, 5.74) is 3.37. The van der Waals surface area contributed by atoms with Crippen molar-refractivity contribution in [1.82, 2.24) is 20.4 Å². The highest BCUT2D eigenvalue weighted by Crippen LogP contribution is 2.16. The number of hydrogen-bond donors (Lipinski definition) is 2. The summed E-state index contributed by atoms with van der Waals surface area (Å²) < 4.78 is 7.41. The van der Waals surface area contributed by atoms with Crippen LogP contribution in [-0.2, 0) is 13.1 Å². The molecule has 130 valence electrons. The molecular formula is C18H27N5O. The lowest BCUT2D eigenvalue weighted by molar-refractivity contribution is 0.409. The first-order valence-corrected chi connectivity index (χ1v) is 8.21. The van der Waals surface area contributed by atoms with E-state index in [1.807, 2.05) is 35.9 Å². The van der Waals surface area contributed by atoms with Crippen LogP contribution < -0.4 is 15.4 Å². The zero-order valence-electron chi connectivity index (χ0n) is 15.0. The van der Waals surface area contributed by atoms with Gasteiger partial charge >= 0.3 is 0 Å². The van der Waals surface area contributed by atoms with E-state index < -0.39 is 0 Å². The third-order valence-corrected chi connectivity index (χ3v) is 3.80. The lowest BCUT2D eigenvalue weighted by atomic mass is 10.2. The molecule has 0 aliphatic heterocycles. The minimum absolute atomic E-state index is 0.668. The molecule has 0 aliphatic carbocycles. The number of aliphatic imine (C=N–C) groups is 1. The molecule has 6 nitrogen and oxygen atoms in total. The quantitative estimate of drug-likeness (QED) is 0.465. The highest BCUT2D eigenvalue weighted by Gasteiger charge is 2.04. The number of guanidine groups is 1. The van der Waals surface area contributed by atoms with Crippen LogP contribution in [0.3, 0.4) is 0 Å². The molecule has 0 unspecified atom stereocenters. The van der Waals surface area contributed by atoms with E-state index in [1.165, 1.54) is 5.69 Å². The predicted octanol–water partition coefficient (Wildman–Crippen LogP) is 2.26. The Kier molecular flexibility index (Phi) is 6.66. The highest BCUT2D eigenvalue weighted by atomic mass is 16.5. The maximum absolute atomic E-state index is 5.36. The van der Waals surface area contributed by atoms with Crippen LogP contribution in [0.5, 0.6) is 5.75 Å². The Hall–Kier alpha value is -2.50. The Bertz CT molecular complexity index is 678. The molecule has 0 saturated heterocycles. The molecule has 1 aromatic heterocycles. The largest absolute Gasteiger partial charge is 0.496 e. The van der Waals surface area contributed by atoms with Gasteiger partial charge in [0.05, 0.1) is 12.8 Å². The molecule has 0 saturated carbocycles. The molecule has 0 amide bonds. The second-order valence-corrected chi connectivity index (χ2v) is 5.67. The predicted molar refractivity (Wildman–Crippen MR) is 97.5 cm³/mol. The van der Waals surface area contributed by atoms with E-state index in [-0.39, 0.29) is 0 Å². The third kappa shape index (κ3) is 5.01. The van der Waals surface area contributed by atoms with E-state index in [1.54, 1.807) is 14.2 Å². The first-order valence-electron chi connectivity index (χ1n) is 8.21. The molecule has 0 aliphatic rings. The van der Waals surface area contributed by atoms with Gasteiger partial charge in [0.15, 0.2) is 5.96 Å². The lowest BCUT2D eigenvalue weighted by Crippen LogP contribution is -2.37. The zero-order chi connectivity index (χ0) is 17.4. The number of methoxy groups -OCH3 is 1. The highest BCUT2D eigenvalue weighted by molar-refractivity contribution is 5.79. The topological polar surface area (TPSA) is 63.5 Å². The average molecular weight is 329 g/mol. The van der Waals surface area contributed by atoms with Crippen LogP contribution in [0.4, 0.5) is 0 Å². The number of aromatic nitrogens is 2.